The van der Waals surface area contributed by atoms with Crippen molar-refractivity contribution in [2.24, 2.45) is 0 Å². The summed E-state index contributed by atoms with van der Waals surface area (Å²) in [7, 11) is 1.82. The molecule has 1 N–H and O–H groups in total. The van der Waals surface area contributed by atoms with Gasteiger partial charge >= 0.3 is 0 Å². The van der Waals surface area contributed by atoms with Crippen LogP contribution < -0.4 is 5.32 Å². The third-order valence-electron chi connectivity index (χ3n) is 3.77. The van der Waals surface area contributed by atoms with Crippen LogP contribution in [0.1, 0.15) is 59.3 Å². The van der Waals surface area contributed by atoms with Crippen molar-refractivity contribution >= 4 is 0 Å². The highest BCUT2D eigenvalue weighted by molar-refractivity contribution is 5.17. The first-order chi connectivity index (χ1) is 8.11. The van der Waals surface area contributed by atoms with E-state index in [1.165, 1.54) is 38.5 Å². The fourth-order valence-corrected chi connectivity index (χ4v) is 2.53. The summed E-state index contributed by atoms with van der Waals surface area (Å²) < 4.78 is 5.69. The summed E-state index contributed by atoms with van der Waals surface area (Å²) >= 11 is 0. The first kappa shape index (κ1) is 14.7. The van der Waals surface area contributed by atoms with Gasteiger partial charge < -0.3 is 10.1 Å². The summed E-state index contributed by atoms with van der Waals surface area (Å²) in [6, 6.07) is 0.366. The SMILES string of the molecule is CCCNC(C1=CCCCCC1)C(C)(C)OC. The minimum absolute atomic E-state index is 0.120. The number of ether oxygens (including phenoxy) is 1. The zero-order valence-corrected chi connectivity index (χ0v) is 12.0. The molecule has 0 fully saturated rings. The molecule has 0 radical (unpaired) electrons. The fraction of sp³-hybridized carbons (Fsp3) is 0.867. The smallest absolute Gasteiger partial charge is 0.0813 e. The first-order valence-electron chi connectivity index (χ1n) is 7.09. The van der Waals surface area contributed by atoms with Gasteiger partial charge in [-0.1, -0.05) is 25.0 Å². The Morgan fingerprint density at radius 1 is 1.35 bits per heavy atom. The van der Waals surface area contributed by atoms with Gasteiger partial charge in [0.1, 0.15) is 0 Å². The largest absolute Gasteiger partial charge is 0.377 e. The highest BCUT2D eigenvalue weighted by Crippen LogP contribution is 2.27. The molecule has 0 saturated carbocycles. The lowest BCUT2D eigenvalue weighted by molar-refractivity contribution is -0.000814. The Balaban J connectivity index is 2.76. The second kappa shape index (κ2) is 7.17. The number of hydrogen-bond donors (Lipinski definition) is 1. The Kier molecular flexibility index (Phi) is 6.21. The minimum atomic E-state index is -0.120. The van der Waals surface area contributed by atoms with Crippen molar-refractivity contribution in [1.29, 1.82) is 0 Å². The summed E-state index contributed by atoms with van der Waals surface area (Å²) in [5.41, 5.74) is 1.44. The molecule has 0 heterocycles. The van der Waals surface area contributed by atoms with Crippen molar-refractivity contribution in [2.75, 3.05) is 13.7 Å². The van der Waals surface area contributed by atoms with E-state index < -0.39 is 0 Å². The van der Waals surface area contributed by atoms with E-state index in [1.807, 2.05) is 7.11 Å². The molecule has 0 aromatic rings. The molecule has 1 unspecified atom stereocenters. The van der Waals surface area contributed by atoms with Crippen LogP contribution in [-0.4, -0.2) is 25.3 Å². The molecule has 0 spiro atoms. The van der Waals surface area contributed by atoms with Gasteiger partial charge in [0.25, 0.3) is 0 Å². The van der Waals surface area contributed by atoms with Gasteiger partial charge in [-0.15, -0.1) is 0 Å². The summed E-state index contributed by atoms with van der Waals surface area (Å²) in [6.45, 7) is 7.65. The number of rotatable bonds is 6. The Morgan fingerprint density at radius 2 is 2.12 bits per heavy atom. The van der Waals surface area contributed by atoms with E-state index in [2.05, 4.69) is 32.2 Å². The predicted octanol–water partition coefficient (Wildman–Crippen LogP) is 3.67. The van der Waals surface area contributed by atoms with E-state index in [9.17, 15) is 0 Å². The lowest BCUT2D eigenvalue weighted by Crippen LogP contribution is -2.49. The number of allylic oxidation sites excluding steroid dienone is 1. The van der Waals surface area contributed by atoms with Gasteiger partial charge in [-0.05, 0) is 52.5 Å². The molecule has 0 aromatic heterocycles. The third kappa shape index (κ3) is 4.44. The van der Waals surface area contributed by atoms with Crippen LogP contribution in [0.3, 0.4) is 0 Å². The van der Waals surface area contributed by atoms with Gasteiger partial charge in [-0.25, -0.2) is 0 Å². The zero-order chi connectivity index (χ0) is 12.7. The van der Waals surface area contributed by atoms with Crippen LogP contribution in [0.15, 0.2) is 11.6 Å². The molecule has 0 saturated heterocycles. The van der Waals surface area contributed by atoms with Crippen LogP contribution in [0.4, 0.5) is 0 Å². The van der Waals surface area contributed by atoms with Crippen LogP contribution >= 0.6 is 0 Å². The maximum absolute atomic E-state index is 5.69. The second-order valence-electron chi connectivity index (χ2n) is 5.57. The normalized spacial score (nSPS) is 19.6. The van der Waals surface area contributed by atoms with E-state index in [0.29, 0.717) is 6.04 Å². The van der Waals surface area contributed by atoms with Crippen molar-refractivity contribution in [3.05, 3.63) is 11.6 Å². The number of hydrogen-bond acceptors (Lipinski definition) is 2. The molecule has 0 amide bonds. The van der Waals surface area contributed by atoms with Crippen LogP contribution in [0.2, 0.25) is 0 Å². The first-order valence-corrected chi connectivity index (χ1v) is 7.09. The maximum Gasteiger partial charge on any atom is 0.0813 e. The Labute approximate surface area is 107 Å². The molecule has 0 bridgehead atoms. The standard InChI is InChI=1S/C15H29NO/c1-5-12-16-14(15(2,3)17-4)13-10-8-6-7-9-11-13/h10,14,16H,5-9,11-12H2,1-4H3. The number of methoxy groups -OCH3 is 1. The van der Waals surface area contributed by atoms with Gasteiger partial charge in [0.15, 0.2) is 0 Å². The fourth-order valence-electron chi connectivity index (χ4n) is 2.53. The summed E-state index contributed by atoms with van der Waals surface area (Å²) in [4.78, 5) is 0. The molecule has 0 aromatic carbocycles. The second-order valence-corrected chi connectivity index (χ2v) is 5.57. The predicted molar refractivity (Wildman–Crippen MR) is 74.3 cm³/mol. The van der Waals surface area contributed by atoms with Crippen LogP contribution in [0.5, 0.6) is 0 Å². The van der Waals surface area contributed by atoms with Gasteiger partial charge in [0.2, 0.25) is 0 Å². The molecule has 1 aliphatic rings. The summed E-state index contributed by atoms with van der Waals surface area (Å²) in [5.74, 6) is 0. The van der Waals surface area contributed by atoms with E-state index in [4.69, 9.17) is 4.74 Å². The highest BCUT2D eigenvalue weighted by Gasteiger charge is 2.31. The van der Waals surface area contributed by atoms with Crippen molar-refractivity contribution in [3.8, 4) is 0 Å². The molecule has 100 valence electrons. The van der Waals surface area contributed by atoms with Crippen LogP contribution in [0, 0.1) is 0 Å². The van der Waals surface area contributed by atoms with Gasteiger partial charge in [-0.3, -0.25) is 0 Å². The average Bonchev–Trinajstić information content (AvgIpc) is 2.58. The van der Waals surface area contributed by atoms with Crippen molar-refractivity contribution in [1.82, 2.24) is 5.32 Å². The molecular weight excluding hydrogens is 210 g/mol. The van der Waals surface area contributed by atoms with Crippen molar-refractivity contribution in [2.45, 2.75) is 70.9 Å². The van der Waals surface area contributed by atoms with Gasteiger partial charge in [0.05, 0.1) is 11.6 Å². The van der Waals surface area contributed by atoms with Gasteiger partial charge in [-0.2, -0.15) is 0 Å². The molecular formula is C15H29NO. The summed E-state index contributed by atoms with van der Waals surface area (Å²) in [6.07, 6.45) is 10.1. The molecule has 0 aliphatic heterocycles. The lowest BCUT2D eigenvalue weighted by atomic mass is 9.88. The minimum Gasteiger partial charge on any atom is -0.377 e. The van der Waals surface area contributed by atoms with Gasteiger partial charge in [0, 0.05) is 7.11 Å². The molecule has 17 heavy (non-hydrogen) atoms. The quantitative estimate of drug-likeness (QED) is 0.714. The average molecular weight is 239 g/mol. The lowest BCUT2D eigenvalue weighted by Gasteiger charge is -2.36. The monoisotopic (exact) mass is 239 g/mol. The highest BCUT2D eigenvalue weighted by atomic mass is 16.5. The zero-order valence-electron chi connectivity index (χ0n) is 12.0. The van der Waals surface area contributed by atoms with E-state index >= 15 is 0 Å². The molecule has 1 atom stereocenters. The Morgan fingerprint density at radius 3 is 2.76 bits per heavy atom. The third-order valence-corrected chi connectivity index (χ3v) is 3.77. The number of nitrogens with one attached hydrogen (secondary N) is 1. The van der Waals surface area contributed by atoms with E-state index in [1.54, 1.807) is 5.57 Å². The van der Waals surface area contributed by atoms with E-state index in [-0.39, 0.29) is 5.60 Å². The molecule has 2 nitrogen and oxygen atoms in total. The maximum atomic E-state index is 5.69. The molecule has 2 heteroatoms. The molecule has 1 rings (SSSR count). The van der Waals surface area contributed by atoms with Crippen molar-refractivity contribution in [3.63, 3.8) is 0 Å². The Hall–Kier alpha value is -0.340. The Bertz CT molecular complexity index is 245. The topological polar surface area (TPSA) is 21.3 Å². The van der Waals surface area contributed by atoms with Crippen LogP contribution in [-0.2, 0) is 4.74 Å². The van der Waals surface area contributed by atoms with Crippen LogP contribution in [0.25, 0.3) is 0 Å². The van der Waals surface area contributed by atoms with Crippen molar-refractivity contribution < 1.29 is 4.74 Å². The molecule has 1 aliphatic carbocycles. The van der Waals surface area contributed by atoms with E-state index in [0.717, 1.165) is 6.54 Å². The summed E-state index contributed by atoms with van der Waals surface area (Å²) in [5, 5.41) is 3.66.